The number of hydrogen-bond acceptors (Lipinski definition) is 3. The predicted molar refractivity (Wildman–Crippen MR) is 72.4 cm³/mol. The van der Waals surface area contributed by atoms with E-state index in [2.05, 4.69) is 26.2 Å². The number of nitrogens with zero attached hydrogens (tertiary/aromatic N) is 1. The second-order valence-electron chi connectivity index (χ2n) is 4.62. The number of pyridine rings is 1. The van der Waals surface area contributed by atoms with Gasteiger partial charge in [-0.2, -0.15) is 0 Å². The summed E-state index contributed by atoms with van der Waals surface area (Å²) in [5.74, 6) is 1.50. The van der Waals surface area contributed by atoms with Crippen LogP contribution in [-0.4, -0.2) is 24.7 Å². The number of piperidine rings is 1. The van der Waals surface area contributed by atoms with Crippen LogP contribution in [0.5, 0.6) is 5.88 Å². The van der Waals surface area contributed by atoms with Gasteiger partial charge in [-0.05, 0) is 66.7 Å². The molecule has 0 aliphatic carbocycles. The molecule has 3 nitrogen and oxygen atoms in total. The molecule has 0 spiro atoms. The third-order valence-electron chi connectivity index (χ3n) is 3.20. The first kappa shape index (κ1) is 12.8. The summed E-state index contributed by atoms with van der Waals surface area (Å²) in [4.78, 5) is 4.24. The van der Waals surface area contributed by atoms with Crippen LogP contribution < -0.4 is 10.1 Å². The van der Waals surface area contributed by atoms with Crippen LogP contribution in [0.15, 0.2) is 16.7 Å². The van der Waals surface area contributed by atoms with Crippen LogP contribution in [0.3, 0.4) is 0 Å². The van der Waals surface area contributed by atoms with Crippen molar-refractivity contribution in [1.29, 1.82) is 0 Å². The van der Waals surface area contributed by atoms with Gasteiger partial charge in [-0.15, -0.1) is 0 Å². The first-order valence-electron chi connectivity index (χ1n) is 6.21. The van der Waals surface area contributed by atoms with E-state index in [-0.39, 0.29) is 0 Å². The van der Waals surface area contributed by atoms with Crippen LogP contribution in [0.2, 0.25) is 0 Å². The number of ether oxygens (including phenoxy) is 1. The Kier molecular flexibility index (Phi) is 4.80. The van der Waals surface area contributed by atoms with Gasteiger partial charge in [-0.3, -0.25) is 0 Å². The summed E-state index contributed by atoms with van der Waals surface area (Å²) < 4.78 is 6.71. The van der Waals surface area contributed by atoms with Gasteiger partial charge in [0, 0.05) is 16.7 Å². The Morgan fingerprint density at radius 2 is 2.47 bits per heavy atom. The molecule has 1 aliphatic heterocycles. The maximum atomic E-state index is 5.68. The summed E-state index contributed by atoms with van der Waals surface area (Å²) in [7, 11) is 0. The van der Waals surface area contributed by atoms with Gasteiger partial charge in [-0.1, -0.05) is 0 Å². The highest BCUT2D eigenvalue weighted by Crippen LogP contribution is 2.19. The van der Waals surface area contributed by atoms with Gasteiger partial charge < -0.3 is 10.1 Å². The molecule has 1 unspecified atom stereocenters. The second-order valence-corrected chi connectivity index (χ2v) is 5.48. The summed E-state index contributed by atoms with van der Waals surface area (Å²) in [6, 6.07) is 1.98. The summed E-state index contributed by atoms with van der Waals surface area (Å²) in [6.45, 7) is 5.12. The molecule has 2 rings (SSSR count). The van der Waals surface area contributed by atoms with E-state index in [1.807, 2.05) is 13.0 Å². The molecule has 1 aromatic rings. The molecule has 0 aromatic carbocycles. The lowest BCUT2D eigenvalue weighted by Gasteiger charge is -2.22. The number of aryl methyl sites for hydroxylation is 1. The fourth-order valence-electron chi connectivity index (χ4n) is 2.09. The van der Waals surface area contributed by atoms with Gasteiger partial charge in [0.25, 0.3) is 0 Å². The highest BCUT2D eigenvalue weighted by atomic mass is 79.9. The standard InChI is InChI=1S/C13H19BrN2O/c1-10-7-13(16-9-12(10)14)17-6-4-11-3-2-5-15-8-11/h7,9,11,15H,2-6,8H2,1H3. The second kappa shape index (κ2) is 6.36. The molecular formula is C13H19BrN2O. The molecule has 0 radical (unpaired) electrons. The van der Waals surface area contributed by atoms with Crippen LogP contribution in [0.25, 0.3) is 0 Å². The van der Waals surface area contributed by atoms with Crippen molar-refractivity contribution in [1.82, 2.24) is 10.3 Å². The molecule has 1 saturated heterocycles. The molecule has 2 heterocycles. The van der Waals surface area contributed by atoms with Gasteiger partial charge in [0.05, 0.1) is 6.61 Å². The lowest BCUT2D eigenvalue weighted by Crippen LogP contribution is -2.30. The van der Waals surface area contributed by atoms with Crippen LogP contribution in [0, 0.1) is 12.8 Å². The molecule has 17 heavy (non-hydrogen) atoms. The zero-order chi connectivity index (χ0) is 12.1. The summed E-state index contributed by atoms with van der Waals surface area (Å²) in [6.07, 6.45) is 5.53. The van der Waals surface area contributed by atoms with E-state index in [1.54, 1.807) is 6.20 Å². The minimum absolute atomic E-state index is 0.731. The molecule has 1 N–H and O–H groups in total. The Bertz CT molecular complexity index is 364. The van der Waals surface area contributed by atoms with Crippen LogP contribution >= 0.6 is 15.9 Å². The molecule has 1 atom stereocenters. The molecule has 0 bridgehead atoms. The van der Waals surface area contributed by atoms with Gasteiger partial charge in [0.2, 0.25) is 5.88 Å². The topological polar surface area (TPSA) is 34.1 Å². The van der Waals surface area contributed by atoms with Gasteiger partial charge in [0.15, 0.2) is 0 Å². The van der Waals surface area contributed by atoms with E-state index in [9.17, 15) is 0 Å². The average molecular weight is 299 g/mol. The van der Waals surface area contributed by atoms with E-state index in [4.69, 9.17) is 4.74 Å². The van der Waals surface area contributed by atoms with Crippen molar-refractivity contribution < 1.29 is 4.74 Å². The van der Waals surface area contributed by atoms with Crippen molar-refractivity contribution >= 4 is 15.9 Å². The van der Waals surface area contributed by atoms with E-state index in [1.165, 1.54) is 19.4 Å². The quantitative estimate of drug-likeness (QED) is 0.928. The number of hydrogen-bond donors (Lipinski definition) is 1. The van der Waals surface area contributed by atoms with Crippen molar-refractivity contribution in [3.8, 4) is 5.88 Å². The van der Waals surface area contributed by atoms with E-state index >= 15 is 0 Å². The fourth-order valence-corrected chi connectivity index (χ4v) is 2.31. The molecule has 1 aliphatic rings. The minimum atomic E-state index is 0.731. The van der Waals surface area contributed by atoms with E-state index < -0.39 is 0 Å². The van der Waals surface area contributed by atoms with Crippen molar-refractivity contribution in [2.75, 3.05) is 19.7 Å². The van der Waals surface area contributed by atoms with E-state index in [0.29, 0.717) is 0 Å². The Morgan fingerprint density at radius 1 is 1.59 bits per heavy atom. The van der Waals surface area contributed by atoms with Crippen LogP contribution in [0.1, 0.15) is 24.8 Å². The maximum absolute atomic E-state index is 5.68. The lowest BCUT2D eigenvalue weighted by atomic mass is 9.97. The molecule has 94 valence electrons. The van der Waals surface area contributed by atoms with Crippen LogP contribution in [-0.2, 0) is 0 Å². The number of rotatable bonds is 4. The van der Waals surface area contributed by atoms with Gasteiger partial charge in [-0.25, -0.2) is 4.98 Å². The Balaban J connectivity index is 1.75. The predicted octanol–water partition coefficient (Wildman–Crippen LogP) is 2.92. The number of halogens is 1. The van der Waals surface area contributed by atoms with E-state index in [0.717, 1.165) is 41.4 Å². The molecule has 0 amide bonds. The highest BCUT2D eigenvalue weighted by Gasteiger charge is 2.12. The third kappa shape index (κ3) is 3.96. The van der Waals surface area contributed by atoms with Crippen molar-refractivity contribution in [2.24, 2.45) is 5.92 Å². The fraction of sp³-hybridized carbons (Fsp3) is 0.615. The SMILES string of the molecule is Cc1cc(OCCC2CCCNC2)ncc1Br. The Morgan fingerprint density at radius 3 is 3.18 bits per heavy atom. The zero-order valence-corrected chi connectivity index (χ0v) is 11.8. The number of aromatic nitrogens is 1. The van der Waals surface area contributed by atoms with Gasteiger partial charge >= 0.3 is 0 Å². The first-order chi connectivity index (χ1) is 8.25. The Labute approximate surface area is 111 Å². The molecule has 1 aromatic heterocycles. The third-order valence-corrected chi connectivity index (χ3v) is 4.03. The van der Waals surface area contributed by atoms with Crippen molar-refractivity contribution in [3.05, 3.63) is 22.3 Å². The van der Waals surface area contributed by atoms with Crippen LogP contribution in [0.4, 0.5) is 0 Å². The van der Waals surface area contributed by atoms with Gasteiger partial charge in [0.1, 0.15) is 0 Å². The van der Waals surface area contributed by atoms with Crippen molar-refractivity contribution in [3.63, 3.8) is 0 Å². The summed E-state index contributed by atoms with van der Waals surface area (Å²) in [5, 5.41) is 3.42. The highest BCUT2D eigenvalue weighted by molar-refractivity contribution is 9.10. The zero-order valence-electron chi connectivity index (χ0n) is 10.2. The smallest absolute Gasteiger partial charge is 0.213 e. The first-order valence-corrected chi connectivity index (χ1v) is 7.00. The minimum Gasteiger partial charge on any atom is -0.478 e. The number of nitrogens with one attached hydrogen (secondary N) is 1. The average Bonchev–Trinajstić information content (AvgIpc) is 2.35. The molecule has 1 fully saturated rings. The molecule has 4 heteroatoms. The summed E-state index contributed by atoms with van der Waals surface area (Å²) >= 11 is 3.43. The maximum Gasteiger partial charge on any atom is 0.213 e. The Hall–Kier alpha value is -0.610. The molecule has 0 saturated carbocycles. The largest absolute Gasteiger partial charge is 0.478 e. The normalized spacial score (nSPS) is 20.2. The van der Waals surface area contributed by atoms with Crippen molar-refractivity contribution in [2.45, 2.75) is 26.2 Å². The monoisotopic (exact) mass is 298 g/mol. The molecular weight excluding hydrogens is 280 g/mol. The lowest BCUT2D eigenvalue weighted by molar-refractivity contribution is 0.247. The summed E-state index contributed by atoms with van der Waals surface area (Å²) in [5.41, 5.74) is 1.16.